The molecule has 0 aliphatic rings. The first-order chi connectivity index (χ1) is 13.0. The van der Waals surface area contributed by atoms with Crippen molar-refractivity contribution in [2.75, 3.05) is 5.75 Å². The summed E-state index contributed by atoms with van der Waals surface area (Å²) in [4.78, 5) is 11.9. The molecule has 0 aliphatic heterocycles. The summed E-state index contributed by atoms with van der Waals surface area (Å²) in [6.45, 7) is 0. The zero-order valence-electron chi connectivity index (χ0n) is 14.3. The van der Waals surface area contributed by atoms with E-state index in [2.05, 4.69) is 20.7 Å². The van der Waals surface area contributed by atoms with Gasteiger partial charge in [-0.3, -0.25) is 4.79 Å². The summed E-state index contributed by atoms with van der Waals surface area (Å²) in [7, 11) is 1.83. The van der Waals surface area contributed by atoms with Gasteiger partial charge in [-0.2, -0.15) is 5.10 Å². The van der Waals surface area contributed by atoms with Crippen molar-refractivity contribution < 1.29 is 9.18 Å². The van der Waals surface area contributed by atoms with Crippen molar-refractivity contribution in [3.63, 3.8) is 0 Å². The number of hydrogen-bond donors (Lipinski definition) is 1. The number of aromatic nitrogens is 3. The van der Waals surface area contributed by atoms with Crippen LogP contribution in [0.3, 0.4) is 0 Å². The number of carbonyl (C=O) groups excluding carboxylic acids is 1. The zero-order valence-corrected chi connectivity index (χ0v) is 15.8. The van der Waals surface area contributed by atoms with E-state index in [0.29, 0.717) is 21.6 Å². The molecule has 0 radical (unpaired) electrons. The highest BCUT2D eigenvalue weighted by Crippen LogP contribution is 2.23. The Morgan fingerprint density at radius 2 is 1.93 bits per heavy atom. The Kier molecular flexibility index (Phi) is 6.20. The molecule has 9 heteroatoms. The van der Waals surface area contributed by atoms with E-state index < -0.39 is 0 Å². The molecule has 1 amide bonds. The molecule has 0 spiro atoms. The molecule has 3 aromatic rings. The summed E-state index contributed by atoms with van der Waals surface area (Å²) in [5.41, 5.74) is 3.99. The second kappa shape index (κ2) is 8.79. The highest BCUT2D eigenvalue weighted by atomic mass is 35.5. The van der Waals surface area contributed by atoms with Gasteiger partial charge in [0.05, 0.1) is 12.0 Å². The van der Waals surface area contributed by atoms with Crippen LogP contribution in [0.25, 0.3) is 11.4 Å². The number of nitrogens with one attached hydrogen (secondary N) is 1. The fraction of sp³-hybridized carbons (Fsp3) is 0.111. The van der Waals surface area contributed by atoms with Crippen LogP contribution in [0, 0.1) is 5.82 Å². The maximum Gasteiger partial charge on any atom is 0.250 e. The number of benzene rings is 2. The van der Waals surface area contributed by atoms with Gasteiger partial charge in [0, 0.05) is 17.6 Å². The van der Waals surface area contributed by atoms with Crippen LogP contribution in [0.4, 0.5) is 4.39 Å². The van der Waals surface area contributed by atoms with E-state index in [9.17, 15) is 9.18 Å². The van der Waals surface area contributed by atoms with Crippen LogP contribution in [0.5, 0.6) is 0 Å². The van der Waals surface area contributed by atoms with Crippen molar-refractivity contribution in [2.45, 2.75) is 5.16 Å². The monoisotopic (exact) mass is 403 g/mol. The molecule has 0 saturated carbocycles. The first-order valence-corrected chi connectivity index (χ1v) is 9.25. The third-order valence-corrected chi connectivity index (χ3v) is 4.81. The predicted octanol–water partition coefficient (Wildman–Crippen LogP) is 3.52. The summed E-state index contributed by atoms with van der Waals surface area (Å²) in [5.74, 6) is 0.209. The molecular weight excluding hydrogens is 389 g/mol. The van der Waals surface area contributed by atoms with Crippen molar-refractivity contribution >= 4 is 35.5 Å². The summed E-state index contributed by atoms with van der Waals surface area (Å²) < 4.78 is 14.6. The van der Waals surface area contributed by atoms with Crippen LogP contribution in [-0.2, 0) is 11.8 Å². The van der Waals surface area contributed by atoms with Gasteiger partial charge in [0.1, 0.15) is 5.82 Å². The number of hydrogen-bond acceptors (Lipinski definition) is 5. The molecule has 1 aromatic heterocycles. The average molecular weight is 404 g/mol. The standard InChI is InChI=1S/C18H15ClFN5OS/c1-25-17(13-4-6-14(19)7-5-13)23-24-18(25)27-11-16(26)22-21-10-12-2-8-15(20)9-3-12/h2-10H,11H2,1H3,(H,22,26). The number of halogens is 2. The van der Waals surface area contributed by atoms with Crippen molar-refractivity contribution in [3.05, 3.63) is 64.9 Å². The van der Waals surface area contributed by atoms with Crippen LogP contribution in [-0.4, -0.2) is 32.6 Å². The molecule has 0 aliphatic carbocycles. The van der Waals surface area contributed by atoms with Gasteiger partial charge >= 0.3 is 0 Å². The van der Waals surface area contributed by atoms with Crippen molar-refractivity contribution in [3.8, 4) is 11.4 Å². The molecule has 0 unspecified atom stereocenters. The van der Waals surface area contributed by atoms with Crippen LogP contribution in [0.15, 0.2) is 58.8 Å². The molecule has 3 rings (SSSR count). The van der Waals surface area contributed by atoms with Crippen molar-refractivity contribution in [2.24, 2.45) is 12.1 Å². The van der Waals surface area contributed by atoms with Crippen LogP contribution < -0.4 is 5.43 Å². The second-order valence-electron chi connectivity index (χ2n) is 5.51. The average Bonchev–Trinajstić information content (AvgIpc) is 3.03. The Morgan fingerprint density at radius 3 is 2.63 bits per heavy atom. The van der Waals surface area contributed by atoms with E-state index in [0.717, 1.165) is 5.56 Å². The Balaban J connectivity index is 1.54. The topological polar surface area (TPSA) is 72.2 Å². The molecule has 2 aromatic carbocycles. The van der Waals surface area contributed by atoms with E-state index in [1.165, 1.54) is 30.1 Å². The van der Waals surface area contributed by atoms with Gasteiger partial charge in [-0.1, -0.05) is 35.5 Å². The van der Waals surface area contributed by atoms with Gasteiger partial charge in [-0.15, -0.1) is 10.2 Å². The number of nitrogens with zero attached hydrogens (tertiary/aromatic N) is 4. The maximum absolute atomic E-state index is 12.8. The number of hydrazone groups is 1. The number of rotatable bonds is 6. The highest BCUT2D eigenvalue weighted by Gasteiger charge is 2.12. The second-order valence-corrected chi connectivity index (χ2v) is 6.88. The molecule has 0 atom stereocenters. The fourth-order valence-corrected chi connectivity index (χ4v) is 3.01. The third-order valence-electron chi connectivity index (χ3n) is 3.54. The van der Waals surface area contributed by atoms with Gasteiger partial charge in [0.15, 0.2) is 11.0 Å². The fourth-order valence-electron chi connectivity index (χ4n) is 2.18. The summed E-state index contributed by atoms with van der Waals surface area (Å²) in [6, 6.07) is 13.1. The molecule has 1 N–H and O–H groups in total. The van der Waals surface area contributed by atoms with E-state index in [4.69, 9.17) is 11.6 Å². The van der Waals surface area contributed by atoms with Crippen LogP contribution in [0.1, 0.15) is 5.56 Å². The molecule has 0 fully saturated rings. The lowest BCUT2D eigenvalue weighted by atomic mass is 10.2. The maximum atomic E-state index is 12.8. The van der Waals surface area contributed by atoms with Crippen molar-refractivity contribution in [1.29, 1.82) is 0 Å². The Labute approximate surface area is 164 Å². The Morgan fingerprint density at radius 1 is 1.22 bits per heavy atom. The first kappa shape index (κ1) is 19.1. The van der Waals surface area contributed by atoms with E-state index >= 15 is 0 Å². The smallest absolute Gasteiger partial charge is 0.250 e. The lowest BCUT2D eigenvalue weighted by Crippen LogP contribution is -2.19. The minimum Gasteiger partial charge on any atom is -0.305 e. The summed E-state index contributed by atoms with van der Waals surface area (Å²) >= 11 is 7.15. The number of thioether (sulfide) groups is 1. The van der Waals surface area contributed by atoms with Crippen LogP contribution in [0.2, 0.25) is 5.02 Å². The third kappa shape index (κ3) is 5.15. The Hall–Kier alpha value is -2.71. The first-order valence-electron chi connectivity index (χ1n) is 7.88. The van der Waals surface area contributed by atoms with Crippen molar-refractivity contribution in [1.82, 2.24) is 20.2 Å². The SMILES string of the molecule is Cn1c(SCC(=O)NN=Cc2ccc(F)cc2)nnc1-c1ccc(Cl)cc1. The van der Waals surface area contributed by atoms with E-state index in [1.54, 1.807) is 24.3 Å². The largest absolute Gasteiger partial charge is 0.305 e. The predicted molar refractivity (Wildman–Crippen MR) is 104 cm³/mol. The lowest BCUT2D eigenvalue weighted by molar-refractivity contribution is -0.118. The van der Waals surface area contributed by atoms with Crippen LogP contribution >= 0.6 is 23.4 Å². The summed E-state index contributed by atoms with van der Waals surface area (Å²) in [5, 5.41) is 13.4. The van der Waals surface area contributed by atoms with Gasteiger partial charge in [0.2, 0.25) is 0 Å². The molecule has 6 nitrogen and oxygen atoms in total. The van der Waals surface area contributed by atoms with Gasteiger partial charge in [0.25, 0.3) is 5.91 Å². The zero-order chi connectivity index (χ0) is 19.2. The Bertz CT molecular complexity index is 957. The molecule has 27 heavy (non-hydrogen) atoms. The molecule has 1 heterocycles. The normalized spacial score (nSPS) is 11.1. The number of carbonyl (C=O) groups is 1. The lowest BCUT2D eigenvalue weighted by Gasteiger charge is -2.04. The molecule has 138 valence electrons. The highest BCUT2D eigenvalue weighted by molar-refractivity contribution is 7.99. The molecule has 0 saturated heterocycles. The summed E-state index contributed by atoms with van der Waals surface area (Å²) in [6.07, 6.45) is 1.45. The van der Waals surface area contributed by atoms with Gasteiger partial charge in [-0.05, 0) is 42.0 Å². The number of amides is 1. The van der Waals surface area contributed by atoms with E-state index in [-0.39, 0.29) is 17.5 Å². The molecule has 0 bridgehead atoms. The quantitative estimate of drug-likeness (QED) is 0.388. The van der Waals surface area contributed by atoms with Gasteiger partial charge < -0.3 is 4.57 Å². The molecular formula is C18H15ClFN5OS. The van der Waals surface area contributed by atoms with E-state index in [1.807, 2.05) is 23.7 Å². The minimum absolute atomic E-state index is 0.132. The minimum atomic E-state index is -0.325. The van der Waals surface area contributed by atoms with Gasteiger partial charge in [-0.25, -0.2) is 9.82 Å².